The first-order valence-corrected chi connectivity index (χ1v) is 9.40. The Balaban J connectivity index is 2.06. The molecule has 124 valence electrons. The van der Waals surface area contributed by atoms with E-state index in [2.05, 4.69) is 15.5 Å². The topological polar surface area (TPSA) is 92.3 Å². The summed E-state index contributed by atoms with van der Waals surface area (Å²) < 4.78 is 25.8. The first-order valence-electron chi connectivity index (χ1n) is 7.14. The molecule has 9 heteroatoms. The molecule has 0 spiro atoms. The van der Waals surface area contributed by atoms with Crippen molar-refractivity contribution in [2.45, 2.75) is 24.6 Å². The van der Waals surface area contributed by atoms with Gasteiger partial charge in [0.25, 0.3) is 10.0 Å². The van der Waals surface area contributed by atoms with Crippen LogP contribution >= 0.6 is 11.3 Å². The SMILES string of the molecule is CCN(CC)S(=O)(=O)c1nnc(NC(=O)Cc2ccccc2)s1. The van der Waals surface area contributed by atoms with E-state index < -0.39 is 10.0 Å². The van der Waals surface area contributed by atoms with E-state index in [0.717, 1.165) is 16.9 Å². The fourth-order valence-electron chi connectivity index (χ4n) is 1.98. The van der Waals surface area contributed by atoms with Crippen molar-refractivity contribution in [1.29, 1.82) is 0 Å². The van der Waals surface area contributed by atoms with Crippen LogP contribution in [0.1, 0.15) is 19.4 Å². The van der Waals surface area contributed by atoms with Gasteiger partial charge in [-0.25, -0.2) is 8.42 Å². The molecule has 0 aliphatic rings. The summed E-state index contributed by atoms with van der Waals surface area (Å²) in [6.07, 6.45) is 0.193. The van der Waals surface area contributed by atoms with Crippen molar-refractivity contribution in [1.82, 2.24) is 14.5 Å². The molecule has 0 radical (unpaired) electrons. The lowest BCUT2D eigenvalue weighted by molar-refractivity contribution is -0.115. The van der Waals surface area contributed by atoms with Crippen LogP contribution in [0.4, 0.5) is 5.13 Å². The molecule has 7 nitrogen and oxygen atoms in total. The second kappa shape index (κ2) is 7.62. The molecule has 0 saturated carbocycles. The molecule has 0 atom stereocenters. The molecule has 23 heavy (non-hydrogen) atoms. The predicted octanol–water partition coefficient (Wildman–Crippen LogP) is 1.75. The smallest absolute Gasteiger partial charge is 0.272 e. The van der Waals surface area contributed by atoms with Crippen LogP contribution in [0, 0.1) is 0 Å². The van der Waals surface area contributed by atoms with Gasteiger partial charge in [0.2, 0.25) is 15.4 Å². The number of hydrogen-bond acceptors (Lipinski definition) is 6. The minimum atomic E-state index is -3.65. The number of sulfonamides is 1. The van der Waals surface area contributed by atoms with Gasteiger partial charge in [-0.05, 0) is 5.56 Å². The van der Waals surface area contributed by atoms with Crippen molar-refractivity contribution < 1.29 is 13.2 Å². The maximum Gasteiger partial charge on any atom is 0.272 e. The highest BCUT2D eigenvalue weighted by Crippen LogP contribution is 2.23. The highest BCUT2D eigenvalue weighted by molar-refractivity contribution is 7.91. The molecule has 0 unspecified atom stereocenters. The molecule has 1 heterocycles. The molecular weight excluding hydrogens is 336 g/mol. The van der Waals surface area contributed by atoms with E-state index in [1.54, 1.807) is 13.8 Å². The lowest BCUT2D eigenvalue weighted by Crippen LogP contribution is -2.30. The minimum Gasteiger partial charge on any atom is -0.300 e. The van der Waals surface area contributed by atoms with E-state index in [1.807, 2.05) is 30.3 Å². The minimum absolute atomic E-state index is 0.115. The Labute approximate surface area is 139 Å². The average molecular weight is 354 g/mol. The molecule has 0 aliphatic carbocycles. The number of amides is 1. The van der Waals surface area contributed by atoms with Crippen molar-refractivity contribution in [3.05, 3.63) is 35.9 Å². The lowest BCUT2D eigenvalue weighted by atomic mass is 10.1. The number of rotatable bonds is 7. The fourth-order valence-corrected chi connectivity index (χ4v) is 4.50. The highest BCUT2D eigenvalue weighted by Gasteiger charge is 2.26. The van der Waals surface area contributed by atoms with Gasteiger partial charge in [-0.3, -0.25) is 4.79 Å². The zero-order valence-corrected chi connectivity index (χ0v) is 14.5. The Kier molecular flexibility index (Phi) is 5.80. The van der Waals surface area contributed by atoms with E-state index in [0.29, 0.717) is 13.1 Å². The summed E-state index contributed by atoms with van der Waals surface area (Å²) in [4.78, 5) is 12.0. The van der Waals surface area contributed by atoms with Gasteiger partial charge in [0.1, 0.15) is 0 Å². The van der Waals surface area contributed by atoms with Crippen molar-refractivity contribution in [2.75, 3.05) is 18.4 Å². The molecule has 0 aliphatic heterocycles. The number of hydrogen-bond donors (Lipinski definition) is 1. The standard InChI is InChI=1S/C14H18N4O3S2/c1-3-18(4-2)23(20,21)14-17-16-13(22-14)15-12(19)10-11-8-6-5-7-9-11/h5-9H,3-4,10H2,1-2H3,(H,15,16,19). The molecule has 1 aromatic heterocycles. The Morgan fingerprint density at radius 2 is 1.83 bits per heavy atom. The number of carbonyl (C=O) groups excluding carboxylic acids is 1. The van der Waals surface area contributed by atoms with Crippen molar-refractivity contribution >= 4 is 32.4 Å². The Morgan fingerprint density at radius 3 is 2.43 bits per heavy atom. The number of carbonyl (C=O) groups is 1. The van der Waals surface area contributed by atoms with Crippen molar-refractivity contribution in [3.63, 3.8) is 0 Å². The largest absolute Gasteiger partial charge is 0.300 e. The summed E-state index contributed by atoms with van der Waals surface area (Å²) in [5, 5.41) is 10.2. The van der Waals surface area contributed by atoms with Gasteiger partial charge >= 0.3 is 0 Å². The normalized spacial score (nSPS) is 11.6. The number of nitrogens with one attached hydrogen (secondary N) is 1. The second-order valence-electron chi connectivity index (χ2n) is 4.67. The molecule has 2 rings (SSSR count). The van der Waals surface area contributed by atoms with Gasteiger partial charge in [0.15, 0.2) is 0 Å². The van der Waals surface area contributed by atoms with E-state index in [4.69, 9.17) is 0 Å². The summed E-state index contributed by atoms with van der Waals surface area (Å²) in [6.45, 7) is 4.22. The number of nitrogens with zero attached hydrogens (tertiary/aromatic N) is 3. The zero-order valence-electron chi connectivity index (χ0n) is 12.9. The van der Waals surface area contributed by atoms with Crippen LogP contribution in [0.5, 0.6) is 0 Å². The van der Waals surface area contributed by atoms with Crippen LogP contribution < -0.4 is 5.32 Å². The molecule has 2 aromatic rings. The predicted molar refractivity (Wildman–Crippen MR) is 88.8 cm³/mol. The van der Waals surface area contributed by atoms with Crippen LogP contribution in [-0.2, 0) is 21.2 Å². The third-order valence-corrected chi connectivity index (χ3v) is 6.36. The summed E-state index contributed by atoms with van der Waals surface area (Å²) in [5.74, 6) is -0.265. The Hall–Kier alpha value is -1.84. The average Bonchev–Trinajstić information content (AvgIpc) is 2.98. The zero-order chi connectivity index (χ0) is 16.9. The molecule has 1 amide bonds. The summed E-state index contributed by atoms with van der Waals surface area (Å²) in [5.41, 5.74) is 0.866. The summed E-state index contributed by atoms with van der Waals surface area (Å²) in [7, 11) is -3.65. The monoisotopic (exact) mass is 354 g/mol. The number of benzene rings is 1. The first-order chi connectivity index (χ1) is 11.0. The van der Waals surface area contributed by atoms with Crippen LogP contribution in [0.2, 0.25) is 0 Å². The maximum absolute atomic E-state index is 12.3. The Morgan fingerprint density at radius 1 is 1.17 bits per heavy atom. The van der Waals surface area contributed by atoms with Crippen LogP contribution in [0.15, 0.2) is 34.7 Å². The van der Waals surface area contributed by atoms with E-state index >= 15 is 0 Å². The summed E-state index contributed by atoms with van der Waals surface area (Å²) >= 11 is 0.854. The third kappa shape index (κ3) is 4.34. The number of anilines is 1. The maximum atomic E-state index is 12.3. The Bertz CT molecular complexity index is 755. The van der Waals surface area contributed by atoms with E-state index in [1.165, 1.54) is 4.31 Å². The van der Waals surface area contributed by atoms with Gasteiger partial charge in [-0.2, -0.15) is 4.31 Å². The van der Waals surface area contributed by atoms with Gasteiger partial charge in [-0.1, -0.05) is 55.5 Å². The number of aromatic nitrogens is 2. The lowest BCUT2D eigenvalue weighted by Gasteiger charge is -2.15. The van der Waals surface area contributed by atoms with Crippen molar-refractivity contribution in [3.8, 4) is 0 Å². The van der Waals surface area contributed by atoms with Gasteiger partial charge < -0.3 is 5.32 Å². The molecule has 0 saturated heterocycles. The third-order valence-electron chi connectivity index (χ3n) is 3.13. The molecule has 1 N–H and O–H groups in total. The summed E-state index contributed by atoms with van der Waals surface area (Å²) in [6, 6.07) is 9.26. The van der Waals surface area contributed by atoms with Crippen LogP contribution in [0.3, 0.4) is 0 Å². The van der Waals surface area contributed by atoms with E-state index in [9.17, 15) is 13.2 Å². The van der Waals surface area contributed by atoms with E-state index in [-0.39, 0.29) is 21.8 Å². The van der Waals surface area contributed by atoms with Crippen LogP contribution in [0.25, 0.3) is 0 Å². The highest BCUT2D eigenvalue weighted by atomic mass is 32.2. The second-order valence-corrected chi connectivity index (χ2v) is 7.76. The molecule has 0 bridgehead atoms. The molecule has 1 aromatic carbocycles. The quantitative estimate of drug-likeness (QED) is 0.765. The fraction of sp³-hybridized carbons (Fsp3) is 0.357. The van der Waals surface area contributed by atoms with Crippen molar-refractivity contribution in [2.24, 2.45) is 0 Å². The van der Waals surface area contributed by atoms with Crippen LogP contribution in [-0.4, -0.2) is 41.9 Å². The van der Waals surface area contributed by atoms with Gasteiger partial charge in [0.05, 0.1) is 6.42 Å². The van der Waals surface area contributed by atoms with Gasteiger partial charge in [-0.15, -0.1) is 10.2 Å². The van der Waals surface area contributed by atoms with Gasteiger partial charge in [0, 0.05) is 13.1 Å². The molecule has 0 fully saturated rings. The first kappa shape index (κ1) is 17.5. The molecular formula is C14H18N4O3S2.